The second-order valence-electron chi connectivity index (χ2n) is 5.67. The molecule has 1 aromatic carbocycles. The Labute approximate surface area is 113 Å². The Balaban J connectivity index is 2.42. The Morgan fingerprint density at radius 2 is 1.63 bits per heavy atom. The Bertz CT molecular complexity index is 420. The summed E-state index contributed by atoms with van der Waals surface area (Å²) in [6.45, 7) is 0. The van der Waals surface area contributed by atoms with E-state index < -0.39 is 17.7 Å². The summed E-state index contributed by atoms with van der Waals surface area (Å²) in [5.41, 5.74) is 5.97. The quantitative estimate of drug-likeness (QED) is 0.912. The molecule has 2 N–H and O–H groups in total. The van der Waals surface area contributed by atoms with Crippen LogP contribution in [-0.4, -0.2) is 24.5 Å². The molecule has 106 valence electrons. The smallest absolute Gasteiger partial charge is 0.130 e. The molecule has 0 aromatic heterocycles. The van der Waals surface area contributed by atoms with Crippen molar-refractivity contribution in [3.8, 4) is 0 Å². The lowest BCUT2D eigenvalue weighted by atomic mass is 9.73. The first-order chi connectivity index (χ1) is 8.99. The van der Waals surface area contributed by atoms with E-state index in [2.05, 4.69) is 0 Å². The maximum atomic E-state index is 14.0. The number of hydrogen-bond acceptors (Lipinski definition) is 2. The molecule has 2 rings (SSSR count). The van der Waals surface area contributed by atoms with Crippen molar-refractivity contribution in [1.29, 1.82) is 0 Å². The van der Waals surface area contributed by atoms with Crippen LogP contribution in [0.15, 0.2) is 18.2 Å². The lowest BCUT2D eigenvalue weighted by Crippen LogP contribution is -2.53. The van der Waals surface area contributed by atoms with Crippen molar-refractivity contribution in [2.45, 2.75) is 43.7 Å². The van der Waals surface area contributed by atoms with E-state index in [1.54, 1.807) is 0 Å². The summed E-state index contributed by atoms with van der Waals surface area (Å²) in [5.74, 6) is -1.08. The second kappa shape index (κ2) is 5.55. The molecule has 19 heavy (non-hydrogen) atoms. The van der Waals surface area contributed by atoms with Gasteiger partial charge < -0.3 is 10.6 Å². The lowest BCUT2D eigenvalue weighted by molar-refractivity contribution is 0.0687. The minimum Gasteiger partial charge on any atom is -0.322 e. The second-order valence-corrected chi connectivity index (χ2v) is 5.67. The van der Waals surface area contributed by atoms with Gasteiger partial charge in [0.25, 0.3) is 0 Å². The van der Waals surface area contributed by atoms with Gasteiger partial charge in [-0.1, -0.05) is 25.3 Å². The highest BCUT2D eigenvalue weighted by molar-refractivity contribution is 5.27. The molecular formula is C15H22F2N2. The van der Waals surface area contributed by atoms with Crippen LogP contribution in [0.25, 0.3) is 0 Å². The number of likely N-dealkylation sites (N-methyl/N-ethyl adjacent to an activating group) is 1. The Morgan fingerprint density at radius 1 is 1.11 bits per heavy atom. The molecule has 0 heterocycles. The van der Waals surface area contributed by atoms with Crippen molar-refractivity contribution in [2.75, 3.05) is 14.1 Å². The maximum Gasteiger partial charge on any atom is 0.130 e. The summed E-state index contributed by atoms with van der Waals surface area (Å²) < 4.78 is 27.9. The van der Waals surface area contributed by atoms with Gasteiger partial charge in [-0.2, -0.15) is 0 Å². The van der Waals surface area contributed by atoms with Gasteiger partial charge in [-0.05, 0) is 39.1 Å². The van der Waals surface area contributed by atoms with Crippen LogP contribution in [0, 0.1) is 11.6 Å². The summed E-state index contributed by atoms with van der Waals surface area (Å²) >= 11 is 0. The molecule has 0 spiro atoms. The minimum atomic E-state index is -0.635. The normalized spacial score (nSPS) is 20.5. The minimum absolute atomic E-state index is 0.0260. The molecule has 1 aliphatic rings. The van der Waals surface area contributed by atoms with Gasteiger partial charge in [0, 0.05) is 11.1 Å². The fraction of sp³-hybridized carbons (Fsp3) is 0.600. The predicted octanol–water partition coefficient (Wildman–Crippen LogP) is 3.23. The van der Waals surface area contributed by atoms with Crippen LogP contribution in [0.5, 0.6) is 0 Å². The molecular weight excluding hydrogens is 246 g/mol. The van der Waals surface area contributed by atoms with E-state index >= 15 is 0 Å². The van der Waals surface area contributed by atoms with Crippen LogP contribution < -0.4 is 5.73 Å². The predicted molar refractivity (Wildman–Crippen MR) is 72.8 cm³/mol. The highest BCUT2D eigenvalue weighted by atomic mass is 19.1. The third kappa shape index (κ3) is 2.51. The Morgan fingerprint density at radius 3 is 2.11 bits per heavy atom. The topological polar surface area (TPSA) is 29.3 Å². The van der Waals surface area contributed by atoms with Crippen molar-refractivity contribution in [3.63, 3.8) is 0 Å². The van der Waals surface area contributed by atoms with Crippen LogP contribution in [0.4, 0.5) is 8.78 Å². The van der Waals surface area contributed by atoms with E-state index in [1.165, 1.54) is 24.6 Å². The van der Waals surface area contributed by atoms with Crippen LogP contribution in [-0.2, 0) is 0 Å². The van der Waals surface area contributed by atoms with Gasteiger partial charge in [0.1, 0.15) is 11.6 Å². The fourth-order valence-electron chi connectivity index (χ4n) is 3.28. The molecule has 1 saturated carbocycles. The number of hydrogen-bond donors (Lipinski definition) is 1. The number of nitrogens with zero attached hydrogens (tertiary/aromatic N) is 1. The van der Waals surface area contributed by atoms with E-state index in [0.29, 0.717) is 0 Å². The van der Waals surface area contributed by atoms with Crippen molar-refractivity contribution in [2.24, 2.45) is 5.73 Å². The Hall–Kier alpha value is -1.00. The molecule has 4 heteroatoms. The largest absolute Gasteiger partial charge is 0.322 e. The first-order valence-electron chi connectivity index (χ1n) is 6.86. The van der Waals surface area contributed by atoms with E-state index in [0.717, 1.165) is 25.7 Å². The molecule has 2 nitrogen and oxygen atoms in total. The first-order valence-corrected chi connectivity index (χ1v) is 6.86. The van der Waals surface area contributed by atoms with Crippen LogP contribution in [0.1, 0.15) is 43.7 Å². The summed E-state index contributed by atoms with van der Waals surface area (Å²) in [7, 11) is 3.90. The van der Waals surface area contributed by atoms with Crippen LogP contribution >= 0.6 is 0 Å². The summed E-state index contributed by atoms with van der Waals surface area (Å²) in [6.07, 6.45) is 5.05. The lowest BCUT2D eigenvalue weighted by Gasteiger charge is -2.47. The zero-order valence-electron chi connectivity index (χ0n) is 11.6. The van der Waals surface area contributed by atoms with Crippen molar-refractivity contribution in [1.82, 2.24) is 4.90 Å². The number of nitrogens with two attached hydrogens (primary N) is 1. The zero-order chi connectivity index (χ0) is 14.0. The molecule has 0 saturated heterocycles. The summed E-state index contributed by atoms with van der Waals surface area (Å²) in [5, 5.41) is 0. The average molecular weight is 268 g/mol. The summed E-state index contributed by atoms with van der Waals surface area (Å²) in [6, 6.07) is 3.31. The van der Waals surface area contributed by atoms with E-state index in [-0.39, 0.29) is 11.1 Å². The molecule has 1 unspecified atom stereocenters. The van der Waals surface area contributed by atoms with Gasteiger partial charge >= 0.3 is 0 Å². The number of halogens is 2. The van der Waals surface area contributed by atoms with E-state index in [9.17, 15) is 8.78 Å². The van der Waals surface area contributed by atoms with Gasteiger partial charge in [-0.15, -0.1) is 0 Å². The average Bonchev–Trinajstić information content (AvgIpc) is 2.39. The third-order valence-electron chi connectivity index (χ3n) is 4.50. The fourth-order valence-corrected chi connectivity index (χ4v) is 3.28. The van der Waals surface area contributed by atoms with Gasteiger partial charge in [-0.25, -0.2) is 8.78 Å². The number of benzene rings is 1. The number of rotatable bonds is 3. The summed E-state index contributed by atoms with van der Waals surface area (Å²) in [4.78, 5) is 2.04. The van der Waals surface area contributed by atoms with Gasteiger partial charge in [0.05, 0.1) is 6.04 Å². The highest BCUT2D eigenvalue weighted by Gasteiger charge is 2.42. The molecule has 0 amide bonds. The first kappa shape index (κ1) is 14.4. The molecule has 0 radical (unpaired) electrons. The SMILES string of the molecule is CN(C)C1(C(N)c2c(F)cccc2F)CCCCC1. The van der Waals surface area contributed by atoms with E-state index in [1.807, 2.05) is 19.0 Å². The van der Waals surface area contributed by atoms with Gasteiger partial charge in [0.2, 0.25) is 0 Å². The highest BCUT2D eigenvalue weighted by Crippen LogP contribution is 2.41. The van der Waals surface area contributed by atoms with E-state index in [4.69, 9.17) is 5.73 Å². The molecule has 0 bridgehead atoms. The Kier molecular flexibility index (Phi) is 4.21. The van der Waals surface area contributed by atoms with Crippen LogP contribution in [0.3, 0.4) is 0 Å². The van der Waals surface area contributed by atoms with Gasteiger partial charge in [0.15, 0.2) is 0 Å². The third-order valence-corrected chi connectivity index (χ3v) is 4.50. The monoisotopic (exact) mass is 268 g/mol. The van der Waals surface area contributed by atoms with Crippen LogP contribution in [0.2, 0.25) is 0 Å². The van der Waals surface area contributed by atoms with Crippen molar-refractivity contribution < 1.29 is 8.78 Å². The molecule has 1 aliphatic carbocycles. The zero-order valence-corrected chi connectivity index (χ0v) is 11.6. The van der Waals surface area contributed by atoms with Gasteiger partial charge in [-0.3, -0.25) is 0 Å². The molecule has 1 aromatic rings. The molecule has 1 atom stereocenters. The van der Waals surface area contributed by atoms with Crippen molar-refractivity contribution >= 4 is 0 Å². The molecule has 0 aliphatic heterocycles. The van der Waals surface area contributed by atoms with Crippen molar-refractivity contribution in [3.05, 3.63) is 35.4 Å². The standard InChI is InChI=1S/C15H22F2N2/c1-19(2)15(9-4-3-5-10-15)14(18)13-11(16)7-6-8-12(13)17/h6-8,14H,3-5,9-10,18H2,1-2H3. The maximum absolute atomic E-state index is 14.0. The molecule has 1 fully saturated rings.